The Bertz CT molecular complexity index is 807. The number of aryl methyl sites for hydroxylation is 1. The number of aromatic hydroxyl groups is 1. The van der Waals surface area contributed by atoms with Gasteiger partial charge in [-0.05, 0) is 40.5 Å². The number of nitrogens with zero attached hydrogens (tertiary/aromatic N) is 3. The largest absolute Gasteiger partial charge is 0.503 e. The van der Waals surface area contributed by atoms with Crippen LogP contribution < -0.4 is 15.7 Å². The minimum Gasteiger partial charge on any atom is -0.503 e. The molecule has 9 heteroatoms. The van der Waals surface area contributed by atoms with Crippen LogP contribution in [-0.2, 0) is 7.05 Å². The first kappa shape index (κ1) is 17.3. The normalized spacial score (nSPS) is 11.0. The standard InChI is InChI=1S/C14H14BrClN4O3/c1-3-23-11-5-8(4-9(15)13(11)21)6-17-19-10-7-18-20(2)14(22)12(10)16/h4-7,19,21H,3H2,1-2H3/b17-6-. The van der Waals surface area contributed by atoms with Gasteiger partial charge in [0.2, 0.25) is 0 Å². The van der Waals surface area contributed by atoms with Crippen molar-refractivity contribution in [3.8, 4) is 11.5 Å². The maximum Gasteiger partial charge on any atom is 0.287 e. The van der Waals surface area contributed by atoms with Crippen LogP contribution in [0.25, 0.3) is 0 Å². The van der Waals surface area contributed by atoms with Crippen molar-refractivity contribution in [2.24, 2.45) is 12.1 Å². The van der Waals surface area contributed by atoms with Crippen LogP contribution in [0.4, 0.5) is 5.69 Å². The van der Waals surface area contributed by atoms with Gasteiger partial charge >= 0.3 is 0 Å². The molecular weight excluding hydrogens is 388 g/mol. The van der Waals surface area contributed by atoms with E-state index >= 15 is 0 Å². The van der Waals surface area contributed by atoms with Crippen molar-refractivity contribution in [1.82, 2.24) is 9.78 Å². The van der Waals surface area contributed by atoms with E-state index in [0.717, 1.165) is 4.68 Å². The number of ether oxygens (including phenoxy) is 1. The van der Waals surface area contributed by atoms with E-state index in [4.69, 9.17) is 16.3 Å². The minimum absolute atomic E-state index is 0.00143. The summed E-state index contributed by atoms with van der Waals surface area (Å²) >= 11 is 9.17. The molecule has 23 heavy (non-hydrogen) atoms. The second kappa shape index (κ2) is 7.47. The minimum atomic E-state index is -0.419. The first-order chi connectivity index (χ1) is 10.9. The number of anilines is 1. The van der Waals surface area contributed by atoms with Crippen LogP contribution in [0.5, 0.6) is 11.5 Å². The molecule has 0 spiro atoms. The Kier molecular flexibility index (Phi) is 5.62. The van der Waals surface area contributed by atoms with Crippen molar-refractivity contribution >= 4 is 39.4 Å². The van der Waals surface area contributed by atoms with Gasteiger partial charge in [0.05, 0.1) is 23.5 Å². The summed E-state index contributed by atoms with van der Waals surface area (Å²) in [6.45, 7) is 2.24. The van der Waals surface area contributed by atoms with Gasteiger partial charge in [-0.25, -0.2) is 4.68 Å². The Labute approximate surface area is 145 Å². The number of benzene rings is 1. The summed E-state index contributed by atoms with van der Waals surface area (Å²) in [7, 11) is 1.50. The first-order valence-electron chi connectivity index (χ1n) is 6.60. The molecule has 0 saturated heterocycles. The van der Waals surface area contributed by atoms with Crippen molar-refractivity contribution in [1.29, 1.82) is 0 Å². The Morgan fingerprint density at radius 3 is 3.00 bits per heavy atom. The molecule has 7 nitrogen and oxygen atoms in total. The molecule has 0 aliphatic heterocycles. The van der Waals surface area contributed by atoms with E-state index in [-0.39, 0.29) is 10.8 Å². The summed E-state index contributed by atoms with van der Waals surface area (Å²) in [6, 6.07) is 3.31. The summed E-state index contributed by atoms with van der Waals surface area (Å²) in [5.41, 5.74) is 3.22. The van der Waals surface area contributed by atoms with Gasteiger partial charge in [0.1, 0.15) is 10.7 Å². The Morgan fingerprint density at radius 1 is 1.57 bits per heavy atom. The van der Waals surface area contributed by atoms with Crippen LogP contribution in [0, 0.1) is 0 Å². The number of phenols is 1. The average molecular weight is 402 g/mol. The Hall–Kier alpha value is -2.06. The van der Waals surface area contributed by atoms with Crippen molar-refractivity contribution in [2.45, 2.75) is 6.92 Å². The highest BCUT2D eigenvalue weighted by Crippen LogP contribution is 2.35. The molecule has 2 rings (SSSR count). The molecule has 0 unspecified atom stereocenters. The zero-order valence-electron chi connectivity index (χ0n) is 12.4. The molecule has 1 aromatic heterocycles. The molecule has 0 aliphatic carbocycles. The molecule has 2 aromatic rings. The van der Waals surface area contributed by atoms with E-state index in [1.54, 1.807) is 12.1 Å². The molecule has 1 heterocycles. The zero-order chi connectivity index (χ0) is 17.0. The number of phenolic OH excluding ortho intramolecular Hbond substituents is 1. The van der Waals surface area contributed by atoms with Gasteiger partial charge in [0.25, 0.3) is 5.56 Å². The van der Waals surface area contributed by atoms with Gasteiger partial charge in [0, 0.05) is 7.05 Å². The monoisotopic (exact) mass is 400 g/mol. The highest BCUT2D eigenvalue weighted by atomic mass is 79.9. The number of aromatic nitrogens is 2. The summed E-state index contributed by atoms with van der Waals surface area (Å²) in [4.78, 5) is 11.6. The molecule has 0 fully saturated rings. The third-order valence-corrected chi connectivity index (χ3v) is 3.80. The number of rotatable bonds is 5. The van der Waals surface area contributed by atoms with Crippen LogP contribution in [0.2, 0.25) is 5.02 Å². The molecule has 2 N–H and O–H groups in total. The van der Waals surface area contributed by atoms with Crippen LogP contribution >= 0.6 is 27.5 Å². The van der Waals surface area contributed by atoms with Crippen molar-refractivity contribution < 1.29 is 9.84 Å². The van der Waals surface area contributed by atoms with Gasteiger partial charge in [-0.15, -0.1) is 0 Å². The molecule has 0 radical (unpaired) electrons. The van der Waals surface area contributed by atoms with E-state index in [1.165, 1.54) is 19.5 Å². The maximum absolute atomic E-state index is 11.6. The lowest BCUT2D eigenvalue weighted by molar-refractivity contribution is 0.317. The fourth-order valence-electron chi connectivity index (χ4n) is 1.70. The molecule has 0 atom stereocenters. The number of halogens is 2. The summed E-state index contributed by atoms with van der Waals surface area (Å²) in [6.07, 6.45) is 2.90. The van der Waals surface area contributed by atoms with Gasteiger partial charge < -0.3 is 9.84 Å². The Balaban J connectivity index is 2.21. The zero-order valence-corrected chi connectivity index (χ0v) is 14.7. The molecule has 122 valence electrons. The van der Waals surface area contributed by atoms with Crippen LogP contribution in [0.15, 0.2) is 32.7 Å². The first-order valence-corrected chi connectivity index (χ1v) is 7.77. The van der Waals surface area contributed by atoms with Crippen molar-refractivity contribution in [2.75, 3.05) is 12.0 Å². The highest BCUT2D eigenvalue weighted by molar-refractivity contribution is 9.10. The van der Waals surface area contributed by atoms with E-state index in [0.29, 0.717) is 28.1 Å². The predicted octanol–water partition coefficient (Wildman–Crippen LogP) is 2.75. The molecule has 0 aliphatic rings. The van der Waals surface area contributed by atoms with Crippen LogP contribution in [0.1, 0.15) is 12.5 Å². The number of hydrogen-bond acceptors (Lipinski definition) is 6. The molecule has 1 aromatic carbocycles. The lowest BCUT2D eigenvalue weighted by Gasteiger charge is -2.08. The SMILES string of the molecule is CCOc1cc(/C=N\Nc2cnn(C)c(=O)c2Cl)cc(Br)c1O. The molecule has 0 bridgehead atoms. The van der Waals surface area contributed by atoms with E-state index in [2.05, 4.69) is 31.6 Å². The quantitative estimate of drug-likeness (QED) is 0.594. The predicted molar refractivity (Wildman–Crippen MR) is 92.7 cm³/mol. The lowest BCUT2D eigenvalue weighted by Crippen LogP contribution is -2.20. The lowest BCUT2D eigenvalue weighted by atomic mass is 10.2. The summed E-state index contributed by atoms with van der Waals surface area (Å²) in [5.74, 6) is 0.368. The van der Waals surface area contributed by atoms with Crippen molar-refractivity contribution in [3.63, 3.8) is 0 Å². The van der Waals surface area contributed by atoms with Crippen LogP contribution in [0.3, 0.4) is 0 Å². The van der Waals surface area contributed by atoms with E-state index < -0.39 is 5.56 Å². The van der Waals surface area contributed by atoms with Gasteiger partial charge in [-0.3, -0.25) is 10.2 Å². The highest BCUT2D eigenvalue weighted by Gasteiger charge is 2.09. The fourth-order valence-corrected chi connectivity index (χ4v) is 2.37. The molecule has 0 saturated carbocycles. The third kappa shape index (κ3) is 4.02. The third-order valence-electron chi connectivity index (χ3n) is 2.83. The average Bonchev–Trinajstić information content (AvgIpc) is 2.52. The van der Waals surface area contributed by atoms with Crippen LogP contribution in [-0.4, -0.2) is 27.7 Å². The van der Waals surface area contributed by atoms with Gasteiger partial charge in [0.15, 0.2) is 11.5 Å². The van der Waals surface area contributed by atoms with Gasteiger partial charge in [-0.1, -0.05) is 11.6 Å². The maximum atomic E-state index is 11.6. The van der Waals surface area contributed by atoms with Crippen molar-refractivity contribution in [3.05, 3.63) is 43.7 Å². The Morgan fingerprint density at radius 2 is 2.30 bits per heavy atom. The smallest absolute Gasteiger partial charge is 0.287 e. The second-order valence-corrected chi connectivity index (χ2v) is 5.69. The molecular formula is C14H14BrClN4O3. The summed E-state index contributed by atoms with van der Waals surface area (Å²) < 4.78 is 6.95. The number of hydrogen-bond donors (Lipinski definition) is 2. The number of nitrogens with one attached hydrogen (secondary N) is 1. The number of hydrazone groups is 1. The second-order valence-electron chi connectivity index (χ2n) is 4.45. The van der Waals surface area contributed by atoms with E-state index in [1.807, 2.05) is 6.92 Å². The van der Waals surface area contributed by atoms with E-state index in [9.17, 15) is 9.90 Å². The topological polar surface area (TPSA) is 88.7 Å². The van der Waals surface area contributed by atoms with Gasteiger partial charge in [-0.2, -0.15) is 10.2 Å². The fraction of sp³-hybridized carbons (Fsp3) is 0.214. The molecule has 0 amide bonds. The summed E-state index contributed by atoms with van der Waals surface area (Å²) in [5, 5.41) is 17.7.